The molecule has 2 heterocycles. The molecule has 11 aromatic rings. The van der Waals surface area contributed by atoms with Crippen LogP contribution in [-0.2, 0) is 5.41 Å². The van der Waals surface area contributed by atoms with E-state index in [2.05, 4.69) is 182 Å². The van der Waals surface area contributed by atoms with E-state index >= 15 is 0 Å². The average Bonchev–Trinajstić information content (AvgIpc) is 3.83. The fraction of sp³-hybridized carbons (Fsp3) is 0.0169. The minimum atomic E-state index is -0.425. The van der Waals surface area contributed by atoms with Crippen molar-refractivity contribution in [2.45, 2.75) is 5.41 Å². The van der Waals surface area contributed by atoms with E-state index in [1.807, 2.05) is 36.4 Å². The number of para-hydroxylation sites is 1. The maximum absolute atomic E-state index is 5.41. The largest absolute Gasteiger partial charge is 0.247 e. The minimum absolute atomic E-state index is 0.425. The predicted octanol–water partition coefficient (Wildman–Crippen LogP) is 14.3. The second-order valence-electron chi connectivity index (χ2n) is 16.5. The van der Waals surface area contributed by atoms with Crippen molar-refractivity contribution < 1.29 is 0 Å². The molecule has 0 bridgehead atoms. The van der Waals surface area contributed by atoms with Gasteiger partial charge in [-0.3, -0.25) is 0 Å². The van der Waals surface area contributed by atoms with Crippen LogP contribution in [0, 0.1) is 0 Å². The van der Waals surface area contributed by atoms with E-state index in [0.29, 0.717) is 17.5 Å². The lowest BCUT2D eigenvalue weighted by Crippen LogP contribution is -2.25. The zero-order valence-corrected chi connectivity index (χ0v) is 34.1. The van der Waals surface area contributed by atoms with Crippen molar-refractivity contribution >= 4 is 21.7 Å². The molecule has 63 heavy (non-hydrogen) atoms. The molecule has 0 saturated heterocycles. The molecule has 0 saturated carbocycles. The molecular formula is C59H36N4. The summed E-state index contributed by atoms with van der Waals surface area (Å²) in [6.07, 6.45) is 0. The van der Waals surface area contributed by atoms with Crippen LogP contribution in [0.2, 0.25) is 0 Å². The van der Waals surface area contributed by atoms with Gasteiger partial charge in [-0.1, -0.05) is 200 Å². The fourth-order valence-electron chi connectivity index (χ4n) is 10.3. The zero-order chi connectivity index (χ0) is 41.5. The Balaban J connectivity index is 0.970. The number of pyridine rings is 1. The summed E-state index contributed by atoms with van der Waals surface area (Å²) in [6.45, 7) is 0. The number of rotatable bonds is 5. The molecule has 0 atom stereocenters. The molecule has 0 N–H and O–H groups in total. The highest BCUT2D eigenvalue weighted by molar-refractivity contribution is 6.14. The van der Waals surface area contributed by atoms with Crippen LogP contribution in [-0.4, -0.2) is 19.9 Å². The standard InChI is InChI=1S/C59H36N4/c1-3-15-37(16-4-1)38-27-31-41(32-28-38)57-61-56(40-17-5-2-6-18-40)62-58(63-57)42-33-29-39(30-34-42)55-49-35-48-45-21-9-13-25-52(45)59(53(48)36-47(49)46-22-10-14-26-54(46)60-55)50-23-11-7-19-43(50)44-20-8-12-24-51(44)59/h1-36H. The van der Waals surface area contributed by atoms with Gasteiger partial charge in [0.15, 0.2) is 17.5 Å². The third kappa shape index (κ3) is 5.35. The normalized spacial score (nSPS) is 12.9. The van der Waals surface area contributed by atoms with E-state index in [-0.39, 0.29) is 0 Å². The van der Waals surface area contributed by atoms with Gasteiger partial charge in [-0.05, 0) is 79.2 Å². The molecule has 4 heteroatoms. The first-order valence-corrected chi connectivity index (χ1v) is 21.5. The molecule has 2 aromatic heterocycles. The molecule has 9 aromatic carbocycles. The lowest BCUT2D eigenvalue weighted by molar-refractivity contribution is 0.795. The van der Waals surface area contributed by atoms with Crippen LogP contribution < -0.4 is 0 Å². The zero-order valence-electron chi connectivity index (χ0n) is 34.1. The van der Waals surface area contributed by atoms with Gasteiger partial charge in [-0.15, -0.1) is 0 Å². The number of aromatic nitrogens is 4. The van der Waals surface area contributed by atoms with Crippen molar-refractivity contribution in [3.05, 3.63) is 241 Å². The second-order valence-corrected chi connectivity index (χ2v) is 16.5. The van der Waals surface area contributed by atoms with Crippen LogP contribution in [0.25, 0.3) is 100 Å². The molecule has 0 amide bonds. The summed E-state index contributed by atoms with van der Waals surface area (Å²) >= 11 is 0. The highest BCUT2D eigenvalue weighted by Crippen LogP contribution is 2.63. The Hall–Kier alpha value is -8.34. The lowest BCUT2D eigenvalue weighted by Gasteiger charge is -2.30. The SMILES string of the molecule is c1ccc(-c2ccc(-c3nc(-c4ccccc4)nc(-c4ccc(-c5nc6ccccc6c6cc7c(cc56)-c5ccccc5C75c6ccccc6-c6ccccc65)cc4)n3)cc2)cc1. The summed E-state index contributed by atoms with van der Waals surface area (Å²) in [5.41, 5.74) is 18.1. The molecule has 4 nitrogen and oxygen atoms in total. The van der Waals surface area contributed by atoms with Gasteiger partial charge in [-0.25, -0.2) is 19.9 Å². The number of benzene rings is 9. The maximum Gasteiger partial charge on any atom is 0.164 e. The summed E-state index contributed by atoms with van der Waals surface area (Å²) in [6, 6.07) is 78.0. The fourth-order valence-corrected chi connectivity index (χ4v) is 10.3. The number of hydrogen-bond donors (Lipinski definition) is 0. The van der Waals surface area contributed by atoms with Crippen LogP contribution in [0.15, 0.2) is 218 Å². The quantitative estimate of drug-likeness (QED) is 0.163. The second kappa shape index (κ2) is 13.8. The summed E-state index contributed by atoms with van der Waals surface area (Å²) in [5.74, 6) is 1.88. The van der Waals surface area contributed by atoms with Gasteiger partial charge in [0.1, 0.15) is 0 Å². The first kappa shape index (κ1) is 35.4. The van der Waals surface area contributed by atoms with E-state index in [1.165, 1.54) is 55.5 Å². The number of nitrogens with zero attached hydrogens (tertiary/aromatic N) is 4. The van der Waals surface area contributed by atoms with Gasteiger partial charge in [-0.2, -0.15) is 0 Å². The topological polar surface area (TPSA) is 51.6 Å². The molecule has 2 aliphatic rings. The van der Waals surface area contributed by atoms with Gasteiger partial charge in [0, 0.05) is 33.0 Å². The van der Waals surface area contributed by atoms with Gasteiger partial charge >= 0.3 is 0 Å². The maximum atomic E-state index is 5.41. The molecule has 0 fully saturated rings. The van der Waals surface area contributed by atoms with Gasteiger partial charge in [0.05, 0.1) is 16.6 Å². The lowest BCUT2D eigenvalue weighted by atomic mass is 9.70. The smallest absolute Gasteiger partial charge is 0.164 e. The van der Waals surface area contributed by atoms with Crippen molar-refractivity contribution in [3.63, 3.8) is 0 Å². The molecular weight excluding hydrogens is 765 g/mol. The monoisotopic (exact) mass is 800 g/mol. The van der Waals surface area contributed by atoms with Gasteiger partial charge in [0.2, 0.25) is 0 Å². The van der Waals surface area contributed by atoms with Crippen LogP contribution in [0.3, 0.4) is 0 Å². The third-order valence-corrected chi connectivity index (χ3v) is 13.2. The molecule has 13 rings (SSSR count). The summed E-state index contributed by atoms with van der Waals surface area (Å²) in [7, 11) is 0. The Morgan fingerprint density at radius 2 is 0.667 bits per heavy atom. The van der Waals surface area contributed by atoms with Crippen molar-refractivity contribution in [1.29, 1.82) is 0 Å². The molecule has 0 aliphatic heterocycles. The first-order valence-electron chi connectivity index (χ1n) is 21.5. The molecule has 0 radical (unpaired) electrons. The predicted molar refractivity (Wildman–Crippen MR) is 256 cm³/mol. The Morgan fingerprint density at radius 3 is 1.24 bits per heavy atom. The Labute approximate surface area is 364 Å². The Morgan fingerprint density at radius 1 is 0.254 bits per heavy atom. The highest BCUT2D eigenvalue weighted by atomic mass is 15.0. The molecule has 2 aliphatic carbocycles. The van der Waals surface area contributed by atoms with E-state index in [0.717, 1.165) is 49.8 Å². The van der Waals surface area contributed by atoms with Crippen molar-refractivity contribution in [1.82, 2.24) is 19.9 Å². The summed E-state index contributed by atoms with van der Waals surface area (Å²) in [5, 5.41) is 3.46. The third-order valence-electron chi connectivity index (χ3n) is 13.2. The van der Waals surface area contributed by atoms with Gasteiger partial charge < -0.3 is 0 Å². The van der Waals surface area contributed by atoms with E-state index < -0.39 is 5.41 Å². The average molecular weight is 801 g/mol. The summed E-state index contributed by atoms with van der Waals surface area (Å²) in [4.78, 5) is 20.5. The molecule has 0 unspecified atom stereocenters. The molecule has 1 spiro atoms. The summed E-state index contributed by atoms with van der Waals surface area (Å²) < 4.78 is 0. The Bertz CT molecular complexity index is 3550. The van der Waals surface area contributed by atoms with Crippen LogP contribution in [0.4, 0.5) is 0 Å². The van der Waals surface area contributed by atoms with E-state index in [9.17, 15) is 0 Å². The highest BCUT2D eigenvalue weighted by Gasteiger charge is 2.51. The minimum Gasteiger partial charge on any atom is -0.247 e. The van der Waals surface area contributed by atoms with E-state index in [4.69, 9.17) is 19.9 Å². The molecule has 292 valence electrons. The Kier molecular flexibility index (Phi) is 7.79. The van der Waals surface area contributed by atoms with Crippen LogP contribution in [0.5, 0.6) is 0 Å². The number of hydrogen-bond acceptors (Lipinski definition) is 4. The van der Waals surface area contributed by atoms with Crippen LogP contribution in [0.1, 0.15) is 22.3 Å². The van der Waals surface area contributed by atoms with Gasteiger partial charge in [0.25, 0.3) is 0 Å². The van der Waals surface area contributed by atoms with Crippen molar-refractivity contribution in [3.8, 4) is 78.8 Å². The van der Waals surface area contributed by atoms with Crippen molar-refractivity contribution in [2.24, 2.45) is 0 Å². The number of fused-ring (bicyclic) bond motifs is 13. The van der Waals surface area contributed by atoms with Crippen LogP contribution >= 0.6 is 0 Å². The van der Waals surface area contributed by atoms with E-state index in [1.54, 1.807) is 0 Å². The first-order chi connectivity index (χ1) is 31.2. The van der Waals surface area contributed by atoms with Crippen molar-refractivity contribution in [2.75, 3.05) is 0 Å².